The first-order valence-electron chi connectivity index (χ1n) is 6.06. The van der Waals surface area contributed by atoms with Crippen molar-refractivity contribution in [2.75, 3.05) is 10.5 Å². The van der Waals surface area contributed by atoms with E-state index in [-0.39, 0.29) is 16.6 Å². The monoisotopic (exact) mass is 272 g/mol. The van der Waals surface area contributed by atoms with E-state index in [0.29, 0.717) is 12.8 Å². The Morgan fingerprint density at radius 1 is 1.22 bits per heavy atom. The summed E-state index contributed by atoms with van der Waals surface area (Å²) in [7, 11) is -3.42. The lowest BCUT2D eigenvalue weighted by Gasteiger charge is -2.22. The summed E-state index contributed by atoms with van der Waals surface area (Å²) in [6, 6.07) is 3.93. The maximum Gasteiger partial charge on any atom is 0.235 e. The predicted octanol–water partition coefficient (Wildman–Crippen LogP) is 2.48. The highest BCUT2D eigenvalue weighted by molar-refractivity contribution is 7.93. The third-order valence-electron chi connectivity index (χ3n) is 3.25. The van der Waals surface area contributed by atoms with Crippen LogP contribution in [0.1, 0.15) is 32.1 Å². The maximum atomic E-state index is 13.2. The van der Waals surface area contributed by atoms with Crippen molar-refractivity contribution in [1.82, 2.24) is 0 Å². The predicted molar refractivity (Wildman–Crippen MR) is 70.2 cm³/mol. The Morgan fingerprint density at radius 2 is 1.89 bits per heavy atom. The molecule has 1 aromatic carbocycles. The number of halogens is 1. The van der Waals surface area contributed by atoms with Crippen molar-refractivity contribution in [1.29, 1.82) is 0 Å². The number of benzene rings is 1. The van der Waals surface area contributed by atoms with Crippen molar-refractivity contribution in [3.8, 4) is 0 Å². The summed E-state index contributed by atoms with van der Waals surface area (Å²) < 4.78 is 39.8. The van der Waals surface area contributed by atoms with Crippen LogP contribution in [0, 0.1) is 5.82 Å². The molecule has 0 spiro atoms. The molecule has 0 unspecified atom stereocenters. The van der Waals surface area contributed by atoms with Crippen LogP contribution < -0.4 is 10.5 Å². The van der Waals surface area contributed by atoms with E-state index < -0.39 is 15.8 Å². The Labute approximate surface area is 106 Å². The molecule has 100 valence electrons. The Hall–Kier alpha value is -1.30. The minimum absolute atomic E-state index is 0.00983. The highest BCUT2D eigenvalue weighted by Gasteiger charge is 2.27. The SMILES string of the molecule is Nc1ccc(NS(=O)(=O)C2CCCCC2)cc1F. The second-order valence-corrected chi connectivity index (χ2v) is 6.60. The lowest BCUT2D eigenvalue weighted by molar-refractivity contribution is 0.486. The lowest BCUT2D eigenvalue weighted by atomic mass is 10.0. The van der Waals surface area contributed by atoms with Crippen LogP contribution in [0.4, 0.5) is 15.8 Å². The quantitative estimate of drug-likeness (QED) is 0.830. The van der Waals surface area contributed by atoms with Crippen LogP contribution in [0.3, 0.4) is 0 Å². The van der Waals surface area contributed by atoms with Gasteiger partial charge in [-0.15, -0.1) is 0 Å². The molecule has 18 heavy (non-hydrogen) atoms. The molecule has 4 nitrogen and oxygen atoms in total. The highest BCUT2D eigenvalue weighted by atomic mass is 32.2. The number of rotatable bonds is 3. The van der Waals surface area contributed by atoms with Gasteiger partial charge in [-0.05, 0) is 25.0 Å². The summed E-state index contributed by atoms with van der Waals surface area (Å²) in [5, 5.41) is -0.369. The van der Waals surface area contributed by atoms with Gasteiger partial charge in [-0.3, -0.25) is 4.72 Å². The molecule has 1 aliphatic carbocycles. The Bertz CT molecular complexity index is 525. The van der Waals surface area contributed by atoms with Gasteiger partial charge in [0.25, 0.3) is 0 Å². The first kappa shape index (κ1) is 13.1. The Kier molecular flexibility index (Phi) is 3.75. The largest absolute Gasteiger partial charge is 0.396 e. The Balaban J connectivity index is 2.13. The van der Waals surface area contributed by atoms with Crippen LogP contribution in [0.15, 0.2) is 18.2 Å². The summed E-state index contributed by atoms with van der Waals surface area (Å²) in [5.41, 5.74) is 5.58. The number of nitrogen functional groups attached to an aromatic ring is 1. The zero-order valence-electron chi connectivity index (χ0n) is 10.0. The van der Waals surface area contributed by atoms with Gasteiger partial charge in [0, 0.05) is 6.07 Å². The standard InChI is InChI=1S/C12H17FN2O2S/c13-11-8-9(6-7-12(11)14)15-18(16,17)10-4-2-1-3-5-10/h6-8,10,15H,1-5,14H2. The summed E-state index contributed by atoms with van der Waals surface area (Å²) in [5.74, 6) is -0.612. The van der Waals surface area contributed by atoms with Crippen molar-refractivity contribution in [3.05, 3.63) is 24.0 Å². The minimum atomic E-state index is -3.42. The molecule has 1 aromatic rings. The van der Waals surface area contributed by atoms with Crippen LogP contribution in [0.2, 0.25) is 0 Å². The minimum Gasteiger partial charge on any atom is -0.396 e. The number of sulfonamides is 1. The zero-order valence-corrected chi connectivity index (χ0v) is 10.8. The molecule has 1 aliphatic rings. The van der Waals surface area contributed by atoms with E-state index in [2.05, 4.69) is 4.72 Å². The molecule has 3 N–H and O–H groups in total. The van der Waals surface area contributed by atoms with Crippen molar-refractivity contribution >= 4 is 21.4 Å². The van der Waals surface area contributed by atoms with Gasteiger partial charge < -0.3 is 5.73 Å². The fourth-order valence-corrected chi connectivity index (χ4v) is 3.79. The normalized spacial score (nSPS) is 17.6. The molecule has 0 aliphatic heterocycles. The third kappa shape index (κ3) is 2.93. The van der Waals surface area contributed by atoms with E-state index in [4.69, 9.17) is 5.73 Å². The Morgan fingerprint density at radius 3 is 2.50 bits per heavy atom. The topological polar surface area (TPSA) is 72.2 Å². The van der Waals surface area contributed by atoms with Crippen molar-refractivity contribution in [2.45, 2.75) is 37.4 Å². The molecular weight excluding hydrogens is 255 g/mol. The number of hydrogen-bond donors (Lipinski definition) is 2. The molecule has 0 saturated heterocycles. The zero-order chi connectivity index (χ0) is 13.2. The van der Waals surface area contributed by atoms with Crippen LogP contribution >= 0.6 is 0 Å². The average molecular weight is 272 g/mol. The number of hydrogen-bond acceptors (Lipinski definition) is 3. The fourth-order valence-electron chi connectivity index (χ4n) is 2.21. The van der Waals surface area contributed by atoms with Gasteiger partial charge in [0.1, 0.15) is 5.82 Å². The lowest BCUT2D eigenvalue weighted by Crippen LogP contribution is -2.29. The number of nitrogens with two attached hydrogens (primary N) is 1. The average Bonchev–Trinajstić information content (AvgIpc) is 2.35. The molecule has 1 fully saturated rings. The summed E-state index contributed by atoms with van der Waals surface area (Å²) in [6.07, 6.45) is 4.30. The van der Waals surface area contributed by atoms with Crippen LogP contribution in [0.5, 0.6) is 0 Å². The van der Waals surface area contributed by atoms with Gasteiger partial charge >= 0.3 is 0 Å². The molecule has 2 rings (SSSR count). The molecule has 0 radical (unpaired) electrons. The molecule has 0 bridgehead atoms. The second kappa shape index (κ2) is 5.14. The van der Waals surface area contributed by atoms with Gasteiger partial charge in [0.15, 0.2) is 0 Å². The fraction of sp³-hybridized carbons (Fsp3) is 0.500. The van der Waals surface area contributed by atoms with Gasteiger partial charge in [-0.25, -0.2) is 12.8 Å². The summed E-state index contributed by atoms with van der Waals surface area (Å²) in [6.45, 7) is 0. The van der Waals surface area contributed by atoms with Gasteiger partial charge in [-0.1, -0.05) is 19.3 Å². The second-order valence-electron chi connectivity index (χ2n) is 4.64. The maximum absolute atomic E-state index is 13.2. The molecule has 0 aromatic heterocycles. The van der Waals surface area contributed by atoms with E-state index in [1.165, 1.54) is 12.1 Å². The molecule has 0 atom stereocenters. The number of nitrogens with one attached hydrogen (secondary N) is 1. The van der Waals surface area contributed by atoms with E-state index in [0.717, 1.165) is 25.3 Å². The van der Waals surface area contributed by atoms with Gasteiger partial charge in [0.05, 0.1) is 16.6 Å². The van der Waals surface area contributed by atoms with Crippen LogP contribution in [-0.2, 0) is 10.0 Å². The molecule has 6 heteroatoms. The molecule has 0 amide bonds. The van der Waals surface area contributed by atoms with E-state index >= 15 is 0 Å². The van der Waals surface area contributed by atoms with Crippen LogP contribution in [0.25, 0.3) is 0 Å². The first-order chi connectivity index (χ1) is 8.49. The molecule has 1 saturated carbocycles. The van der Waals surface area contributed by atoms with Gasteiger partial charge in [0.2, 0.25) is 10.0 Å². The number of anilines is 2. The van der Waals surface area contributed by atoms with E-state index in [1.54, 1.807) is 0 Å². The molecule has 0 heterocycles. The van der Waals surface area contributed by atoms with Crippen molar-refractivity contribution in [2.24, 2.45) is 0 Å². The van der Waals surface area contributed by atoms with E-state index in [9.17, 15) is 12.8 Å². The van der Waals surface area contributed by atoms with Crippen molar-refractivity contribution in [3.63, 3.8) is 0 Å². The summed E-state index contributed by atoms with van der Waals surface area (Å²) in [4.78, 5) is 0. The first-order valence-corrected chi connectivity index (χ1v) is 7.60. The third-order valence-corrected chi connectivity index (χ3v) is 5.12. The smallest absolute Gasteiger partial charge is 0.235 e. The summed E-state index contributed by atoms with van der Waals surface area (Å²) >= 11 is 0. The highest BCUT2D eigenvalue weighted by Crippen LogP contribution is 2.26. The molecular formula is C12H17FN2O2S. The van der Waals surface area contributed by atoms with Crippen LogP contribution in [-0.4, -0.2) is 13.7 Å². The van der Waals surface area contributed by atoms with E-state index in [1.807, 2.05) is 0 Å². The van der Waals surface area contributed by atoms with Crippen molar-refractivity contribution < 1.29 is 12.8 Å². The van der Waals surface area contributed by atoms with Gasteiger partial charge in [-0.2, -0.15) is 0 Å².